The van der Waals surface area contributed by atoms with Crippen LogP contribution in [-0.4, -0.2) is 39.6 Å². The number of aliphatic carboxylic acids is 1. The third kappa shape index (κ3) is 3.16. The van der Waals surface area contributed by atoms with Gasteiger partial charge in [0.05, 0.1) is 0 Å². The lowest BCUT2D eigenvalue weighted by Gasteiger charge is -2.39. The van der Waals surface area contributed by atoms with Crippen LogP contribution >= 0.6 is 0 Å². The highest BCUT2D eigenvalue weighted by atomic mass is 16.4. The van der Waals surface area contributed by atoms with Crippen LogP contribution in [0.1, 0.15) is 65.7 Å². The molecule has 0 aromatic carbocycles. The molecular formula is C16H28N2O3. The number of nitrogens with one attached hydrogen (secondary N) is 1. The van der Waals surface area contributed by atoms with E-state index in [1.54, 1.807) is 0 Å². The number of likely N-dealkylation sites (tertiary alicyclic amines) is 1. The highest BCUT2D eigenvalue weighted by Gasteiger charge is 2.45. The van der Waals surface area contributed by atoms with Gasteiger partial charge in [0.1, 0.15) is 5.54 Å². The number of rotatable bonds is 3. The van der Waals surface area contributed by atoms with Gasteiger partial charge in [-0.15, -0.1) is 0 Å². The van der Waals surface area contributed by atoms with Crippen LogP contribution in [0.3, 0.4) is 0 Å². The van der Waals surface area contributed by atoms with Gasteiger partial charge in [0.25, 0.3) is 0 Å². The molecule has 1 saturated carbocycles. The van der Waals surface area contributed by atoms with Crippen molar-refractivity contribution >= 4 is 12.0 Å². The minimum absolute atomic E-state index is 0.191. The van der Waals surface area contributed by atoms with Crippen molar-refractivity contribution in [2.24, 2.45) is 5.92 Å². The number of carboxylic acid groups (broad SMARTS) is 1. The summed E-state index contributed by atoms with van der Waals surface area (Å²) in [5.74, 6) is -0.546. The molecule has 2 rings (SSSR count). The van der Waals surface area contributed by atoms with Gasteiger partial charge in [-0.25, -0.2) is 9.59 Å². The fourth-order valence-electron chi connectivity index (χ4n) is 4.02. The molecule has 1 saturated heterocycles. The second-order valence-corrected chi connectivity index (χ2v) is 6.91. The summed E-state index contributed by atoms with van der Waals surface area (Å²) in [6, 6.07) is 0.247. The van der Waals surface area contributed by atoms with Gasteiger partial charge in [-0.3, -0.25) is 0 Å². The first kappa shape index (κ1) is 16.1. The van der Waals surface area contributed by atoms with Crippen LogP contribution in [-0.2, 0) is 4.79 Å². The van der Waals surface area contributed by atoms with Crippen LogP contribution in [0, 0.1) is 5.92 Å². The number of amides is 2. The number of carboxylic acids is 1. The molecule has 1 aliphatic carbocycles. The maximum Gasteiger partial charge on any atom is 0.329 e. The SMILES string of the molecule is CCC1CCC(C)N1C(=O)NC1(C(=O)O)CCCC(C)C1. The molecule has 4 atom stereocenters. The largest absolute Gasteiger partial charge is 0.480 e. The van der Waals surface area contributed by atoms with Crippen molar-refractivity contribution in [2.75, 3.05) is 0 Å². The van der Waals surface area contributed by atoms with Crippen molar-refractivity contribution in [3.8, 4) is 0 Å². The van der Waals surface area contributed by atoms with Gasteiger partial charge in [-0.2, -0.15) is 0 Å². The zero-order valence-electron chi connectivity index (χ0n) is 13.4. The fraction of sp³-hybridized carbons (Fsp3) is 0.875. The number of nitrogens with zero attached hydrogens (tertiary/aromatic N) is 1. The molecule has 1 aliphatic heterocycles. The summed E-state index contributed by atoms with van der Waals surface area (Å²) >= 11 is 0. The van der Waals surface area contributed by atoms with Crippen molar-refractivity contribution in [2.45, 2.75) is 83.3 Å². The number of carbonyl (C=O) groups is 2. The van der Waals surface area contributed by atoms with Gasteiger partial charge in [0.15, 0.2) is 0 Å². The van der Waals surface area contributed by atoms with Crippen molar-refractivity contribution in [1.29, 1.82) is 0 Å². The van der Waals surface area contributed by atoms with Gasteiger partial charge >= 0.3 is 12.0 Å². The van der Waals surface area contributed by atoms with E-state index in [1.165, 1.54) is 0 Å². The third-order valence-corrected chi connectivity index (χ3v) is 5.24. The molecule has 0 spiro atoms. The summed E-state index contributed by atoms with van der Waals surface area (Å²) in [5, 5.41) is 12.5. The van der Waals surface area contributed by atoms with Crippen molar-refractivity contribution in [3.63, 3.8) is 0 Å². The lowest BCUT2D eigenvalue weighted by molar-refractivity contribution is -0.146. The Morgan fingerprint density at radius 2 is 2.00 bits per heavy atom. The summed E-state index contributed by atoms with van der Waals surface area (Å²) in [5.41, 5.74) is -1.07. The second-order valence-electron chi connectivity index (χ2n) is 6.91. The number of urea groups is 1. The van der Waals surface area contributed by atoms with Crippen molar-refractivity contribution in [1.82, 2.24) is 10.2 Å². The Kier molecular flexibility index (Phi) is 4.79. The highest BCUT2D eigenvalue weighted by molar-refractivity contribution is 5.86. The molecule has 0 aromatic heterocycles. The zero-order chi connectivity index (χ0) is 15.6. The van der Waals surface area contributed by atoms with E-state index in [0.29, 0.717) is 18.8 Å². The van der Waals surface area contributed by atoms with Crippen molar-refractivity contribution in [3.05, 3.63) is 0 Å². The van der Waals surface area contributed by atoms with Gasteiger partial charge in [0.2, 0.25) is 0 Å². The molecule has 5 heteroatoms. The Bertz CT molecular complexity index is 412. The lowest BCUT2D eigenvalue weighted by Crippen LogP contribution is -2.61. The predicted octanol–water partition coefficient (Wildman–Crippen LogP) is 2.99. The molecule has 5 nitrogen and oxygen atoms in total. The zero-order valence-corrected chi connectivity index (χ0v) is 13.4. The Morgan fingerprint density at radius 3 is 2.57 bits per heavy atom. The van der Waals surface area contributed by atoms with Gasteiger partial charge in [-0.1, -0.05) is 26.7 Å². The van der Waals surface area contributed by atoms with Gasteiger partial charge in [-0.05, 0) is 44.9 Å². The maximum atomic E-state index is 12.7. The molecule has 1 heterocycles. The van der Waals surface area contributed by atoms with E-state index in [2.05, 4.69) is 19.2 Å². The number of hydrogen-bond acceptors (Lipinski definition) is 2. The summed E-state index contributed by atoms with van der Waals surface area (Å²) < 4.78 is 0. The van der Waals surface area contributed by atoms with Crippen LogP contribution in [0.5, 0.6) is 0 Å². The van der Waals surface area contributed by atoms with Crippen LogP contribution in [0.2, 0.25) is 0 Å². The fourth-order valence-corrected chi connectivity index (χ4v) is 4.02. The Balaban J connectivity index is 2.13. The summed E-state index contributed by atoms with van der Waals surface area (Å²) in [4.78, 5) is 26.3. The van der Waals surface area contributed by atoms with Gasteiger partial charge < -0.3 is 15.3 Å². The molecule has 0 aromatic rings. The van der Waals surface area contributed by atoms with Crippen LogP contribution in [0.25, 0.3) is 0 Å². The average molecular weight is 296 g/mol. The molecular weight excluding hydrogens is 268 g/mol. The minimum Gasteiger partial charge on any atom is -0.480 e. The molecule has 120 valence electrons. The number of carbonyl (C=O) groups excluding carboxylic acids is 1. The van der Waals surface area contributed by atoms with E-state index in [9.17, 15) is 14.7 Å². The summed E-state index contributed by atoms with van der Waals surface area (Å²) in [7, 11) is 0. The Hall–Kier alpha value is -1.26. The highest BCUT2D eigenvalue weighted by Crippen LogP contribution is 2.34. The first-order chi connectivity index (χ1) is 9.89. The van der Waals surface area contributed by atoms with E-state index >= 15 is 0 Å². The normalized spacial score (nSPS) is 36.5. The van der Waals surface area contributed by atoms with E-state index in [0.717, 1.165) is 32.1 Å². The topological polar surface area (TPSA) is 69.6 Å². The van der Waals surface area contributed by atoms with E-state index in [-0.39, 0.29) is 18.1 Å². The summed E-state index contributed by atoms with van der Waals surface area (Å²) in [6.07, 6.45) is 5.92. The van der Waals surface area contributed by atoms with E-state index in [1.807, 2.05) is 11.8 Å². The quantitative estimate of drug-likeness (QED) is 0.841. The van der Waals surface area contributed by atoms with Crippen LogP contribution < -0.4 is 5.32 Å². The standard InChI is InChI=1S/C16H28N2O3/c1-4-13-8-7-12(3)18(13)15(21)17-16(14(19)20)9-5-6-11(2)10-16/h11-13H,4-10H2,1-3H3,(H,17,21)(H,19,20). The smallest absolute Gasteiger partial charge is 0.329 e. The second kappa shape index (κ2) is 6.24. The van der Waals surface area contributed by atoms with E-state index < -0.39 is 11.5 Å². The monoisotopic (exact) mass is 296 g/mol. The number of hydrogen-bond donors (Lipinski definition) is 2. The lowest BCUT2D eigenvalue weighted by atomic mass is 9.76. The molecule has 0 bridgehead atoms. The van der Waals surface area contributed by atoms with Gasteiger partial charge in [0, 0.05) is 12.1 Å². The van der Waals surface area contributed by atoms with Crippen LogP contribution in [0.4, 0.5) is 4.79 Å². The molecule has 2 fully saturated rings. The first-order valence-corrected chi connectivity index (χ1v) is 8.23. The van der Waals surface area contributed by atoms with Crippen molar-refractivity contribution < 1.29 is 14.7 Å². The Morgan fingerprint density at radius 1 is 1.29 bits per heavy atom. The third-order valence-electron chi connectivity index (χ3n) is 5.24. The molecule has 0 radical (unpaired) electrons. The summed E-state index contributed by atoms with van der Waals surface area (Å²) in [6.45, 7) is 6.20. The molecule has 2 aliphatic rings. The molecule has 4 unspecified atom stereocenters. The predicted molar refractivity (Wildman–Crippen MR) is 81.1 cm³/mol. The molecule has 2 N–H and O–H groups in total. The average Bonchev–Trinajstić information content (AvgIpc) is 2.79. The maximum absolute atomic E-state index is 12.7. The van der Waals surface area contributed by atoms with Crippen LogP contribution in [0.15, 0.2) is 0 Å². The van der Waals surface area contributed by atoms with E-state index in [4.69, 9.17) is 0 Å². The molecule has 21 heavy (non-hydrogen) atoms. The minimum atomic E-state index is -1.07. The molecule has 2 amide bonds. The first-order valence-electron chi connectivity index (χ1n) is 8.23. The Labute approximate surface area is 127 Å².